The molecule has 0 bridgehead atoms. The van der Waals surface area contributed by atoms with Crippen LogP contribution in [0.3, 0.4) is 0 Å². The molecule has 33 heavy (non-hydrogen) atoms. The van der Waals surface area contributed by atoms with Gasteiger partial charge < -0.3 is 20.4 Å². The van der Waals surface area contributed by atoms with E-state index in [4.69, 9.17) is 4.99 Å². The fourth-order valence-corrected chi connectivity index (χ4v) is 4.68. The smallest absolute Gasteiger partial charge is 0.222 e. The summed E-state index contributed by atoms with van der Waals surface area (Å²) in [5.41, 5.74) is 4.92. The number of carbonyl (C=O) groups is 1. The van der Waals surface area contributed by atoms with Crippen LogP contribution in [0.5, 0.6) is 0 Å². The normalized spacial score (nSPS) is 17.5. The molecule has 2 aromatic rings. The summed E-state index contributed by atoms with van der Waals surface area (Å²) in [4.78, 5) is 21.4. The van der Waals surface area contributed by atoms with Crippen molar-refractivity contribution in [1.82, 2.24) is 15.5 Å². The standard InChI is InChI=1S/C27H37N5O/c1-3-28-27(30-21(2)22-12-8-13-25(18-22)31-15-6-7-16-31)29-19-23-10-4-5-11-24(23)20-32-17-9-14-26(32)33/h4-5,8,10-13,18,21H,3,6-7,9,14-17,19-20H2,1-2H3,(H2,28,29,30). The molecule has 0 saturated carbocycles. The van der Waals surface area contributed by atoms with Crippen molar-refractivity contribution in [1.29, 1.82) is 0 Å². The van der Waals surface area contributed by atoms with E-state index < -0.39 is 0 Å². The van der Waals surface area contributed by atoms with E-state index in [1.165, 1.54) is 29.7 Å². The Morgan fingerprint density at radius 3 is 2.55 bits per heavy atom. The van der Waals surface area contributed by atoms with Crippen molar-refractivity contribution in [2.75, 3.05) is 31.1 Å². The molecule has 6 heteroatoms. The minimum atomic E-state index is 0.141. The van der Waals surface area contributed by atoms with E-state index in [9.17, 15) is 4.79 Å². The molecule has 0 aliphatic carbocycles. The zero-order valence-corrected chi connectivity index (χ0v) is 20.0. The Hall–Kier alpha value is -3.02. The second kappa shape index (κ2) is 11.2. The summed E-state index contributed by atoms with van der Waals surface area (Å²) in [7, 11) is 0. The van der Waals surface area contributed by atoms with Gasteiger partial charge in [0.05, 0.1) is 12.6 Å². The van der Waals surface area contributed by atoms with Gasteiger partial charge in [0.2, 0.25) is 5.91 Å². The van der Waals surface area contributed by atoms with Crippen molar-refractivity contribution < 1.29 is 4.79 Å². The van der Waals surface area contributed by atoms with Crippen molar-refractivity contribution in [3.63, 3.8) is 0 Å². The summed E-state index contributed by atoms with van der Waals surface area (Å²) in [6.45, 7) is 9.48. The molecular formula is C27H37N5O. The molecule has 6 nitrogen and oxygen atoms in total. The van der Waals surface area contributed by atoms with Gasteiger partial charge in [0.25, 0.3) is 0 Å². The van der Waals surface area contributed by atoms with Gasteiger partial charge in [-0.3, -0.25) is 4.79 Å². The molecule has 0 radical (unpaired) electrons. The lowest BCUT2D eigenvalue weighted by Gasteiger charge is -2.22. The monoisotopic (exact) mass is 447 g/mol. The molecule has 2 saturated heterocycles. The second-order valence-corrected chi connectivity index (χ2v) is 9.04. The molecule has 1 unspecified atom stereocenters. The molecule has 2 aliphatic rings. The molecule has 2 heterocycles. The van der Waals surface area contributed by atoms with E-state index in [0.29, 0.717) is 19.5 Å². The van der Waals surface area contributed by atoms with Gasteiger partial charge in [-0.1, -0.05) is 36.4 Å². The molecular weight excluding hydrogens is 410 g/mol. The zero-order valence-electron chi connectivity index (χ0n) is 20.0. The van der Waals surface area contributed by atoms with Crippen LogP contribution in [0.25, 0.3) is 0 Å². The molecule has 2 aliphatic heterocycles. The Morgan fingerprint density at radius 1 is 1.03 bits per heavy atom. The molecule has 2 N–H and O–H groups in total. The summed E-state index contributed by atoms with van der Waals surface area (Å²) in [6, 6.07) is 17.3. The number of benzene rings is 2. The molecule has 0 spiro atoms. The first kappa shape index (κ1) is 23.1. The van der Waals surface area contributed by atoms with Gasteiger partial charge in [0.15, 0.2) is 5.96 Å². The summed E-state index contributed by atoms with van der Waals surface area (Å²) < 4.78 is 0. The number of guanidine groups is 1. The topological polar surface area (TPSA) is 60.0 Å². The third-order valence-corrected chi connectivity index (χ3v) is 6.60. The van der Waals surface area contributed by atoms with Gasteiger partial charge >= 0.3 is 0 Å². The van der Waals surface area contributed by atoms with E-state index in [2.05, 4.69) is 65.8 Å². The average Bonchev–Trinajstić information content (AvgIpc) is 3.51. The molecule has 1 amide bonds. The predicted molar refractivity (Wildman–Crippen MR) is 135 cm³/mol. The van der Waals surface area contributed by atoms with Crippen LogP contribution < -0.4 is 15.5 Å². The SMILES string of the molecule is CCNC(=NCc1ccccc1CN1CCCC1=O)NC(C)c1cccc(N2CCCC2)c1. The van der Waals surface area contributed by atoms with Crippen LogP contribution in [0.15, 0.2) is 53.5 Å². The van der Waals surface area contributed by atoms with Crippen LogP contribution in [-0.4, -0.2) is 42.9 Å². The van der Waals surface area contributed by atoms with Crippen molar-refractivity contribution >= 4 is 17.6 Å². The number of likely N-dealkylation sites (tertiary alicyclic amines) is 1. The molecule has 0 aromatic heterocycles. The first-order chi connectivity index (χ1) is 16.1. The van der Waals surface area contributed by atoms with E-state index in [1.807, 2.05) is 17.0 Å². The maximum absolute atomic E-state index is 12.1. The van der Waals surface area contributed by atoms with Crippen LogP contribution in [0, 0.1) is 0 Å². The number of nitrogens with one attached hydrogen (secondary N) is 2. The van der Waals surface area contributed by atoms with Crippen molar-refractivity contribution in [3.05, 3.63) is 65.2 Å². The lowest BCUT2D eigenvalue weighted by atomic mass is 10.1. The van der Waals surface area contributed by atoms with Crippen LogP contribution in [0.4, 0.5) is 5.69 Å². The summed E-state index contributed by atoms with van der Waals surface area (Å²) in [6.07, 6.45) is 4.20. The van der Waals surface area contributed by atoms with Crippen LogP contribution >= 0.6 is 0 Å². The minimum absolute atomic E-state index is 0.141. The fraction of sp³-hybridized carbons (Fsp3) is 0.481. The fourth-order valence-electron chi connectivity index (χ4n) is 4.68. The Bertz CT molecular complexity index is 966. The number of anilines is 1. The number of hydrogen-bond acceptors (Lipinski definition) is 3. The third kappa shape index (κ3) is 6.06. The number of hydrogen-bond donors (Lipinski definition) is 2. The van der Waals surface area contributed by atoms with Crippen molar-refractivity contribution in [3.8, 4) is 0 Å². The van der Waals surface area contributed by atoms with Gasteiger partial charge in [0, 0.05) is 44.8 Å². The molecule has 1 atom stereocenters. The van der Waals surface area contributed by atoms with E-state index in [0.717, 1.165) is 44.1 Å². The van der Waals surface area contributed by atoms with E-state index in [-0.39, 0.29) is 11.9 Å². The summed E-state index contributed by atoms with van der Waals surface area (Å²) >= 11 is 0. The van der Waals surface area contributed by atoms with Gasteiger partial charge in [-0.15, -0.1) is 0 Å². The van der Waals surface area contributed by atoms with Crippen LogP contribution in [0.1, 0.15) is 62.3 Å². The van der Waals surface area contributed by atoms with Crippen LogP contribution in [-0.2, 0) is 17.9 Å². The summed E-state index contributed by atoms with van der Waals surface area (Å²) in [5, 5.41) is 6.96. The van der Waals surface area contributed by atoms with Gasteiger partial charge in [-0.2, -0.15) is 0 Å². The van der Waals surface area contributed by atoms with Crippen LogP contribution in [0.2, 0.25) is 0 Å². The largest absolute Gasteiger partial charge is 0.372 e. The highest BCUT2D eigenvalue weighted by Gasteiger charge is 2.21. The molecule has 176 valence electrons. The van der Waals surface area contributed by atoms with E-state index in [1.54, 1.807) is 0 Å². The highest BCUT2D eigenvalue weighted by Crippen LogP contribution is 2.24. The number of nitrogens with zero attached hydrogens (tertiary/aromatic N) is 3. The highest BCUT2D eigenvalue weighted by molar-refractivity contribution is 5.80. The first-order valence-electron chi connectivity index (χ1n) is 12.4. The lowest BCUT2D eigenvalue weighted by Crippen LogP contribution is -2.38. The summed E-state index contributed by atoms with van der Waals surface area (Å²) in [5.74, 6) is 1.07. The number of rotatable bonds is 8. The van der Waals surface area contributed by atoms with Crippen molar-refractivity contribution in [2.45, 2.75) is 58.7 Å². The number of aliphatic imine (C=N–C) groups is 1. The Kier molecular flexibility index (Phi) is 7.87. The second-order valence-electron chi connectivity index (χ2n) is 9.04. The number of carbonyl (C=O) groups excluding carboxylic acids is 1. The molecule has 4 rings (SSSR count). The maximum Gasteiger partial charge on any atom is 0.222 e. The van der Waals surface area contributed by atoms with Gasteiger partial charge in [-0.25, -0.2) is 4.99 Å². The highest BCUT2D eigenvalue weighted by atomic mass is 16.2. The third-order valence-electron chi connectivity index (χ3n) is 6.60. The first-order valence-corrected chi connectivity index (χ1v) is 12.4. The molecule has 2 aromatic carbocycles. The predicted octanol–water partition coefficient (Wildman–Crippen LogP) is 4.23. The number of amides is 1. The Morgan fingerprint density at radius 2 is 1.82 bits per heavy atom. The lowest BCUT2D eigenvalue weighted by molar-refractivity contribution is -0.128. The maximum atomic E-state index is 12.1. The van der Waals surface area contributed by atoms with E-state index >= 15 is 0 Å². The van der Waals surface area contributed by atoms with Gasteiger partial charge in [-0.05, 0) is 61.9 Å². The zero-order chi connectivity index (χ0) is 23.0. The molecule has 2 fully saturated rings. The van der Waals surface area contributed by atoms with Crippen molar-refractivity contribution in [2.24, 2.45) is 4.99 Å². The Labute approximate surface area is 198 Å². The Balaban J connectivity index is 1.44. The quantitative estimate of drug-likeness (QED) is 0.470. The van der Waals surface area contributed by atoms with Gasteiger partial charge in [0.1, 0.15) is 0 Å². The average molecular weight is 448 g/mol. The minimum Gasteiger partial charge on any atom is -0.372 e.